The number of hydrogen-bond acceptors (Lipinski definition) is 4. The highest BCUT2D eigenvalue weighted by molar-refractivity contribution is 6.16. The van der Waals surface area contributed by atoms with Crippen molar-refractivity contribution in [3.05, 3.63) is 95.6 Å². The number of hydroxylamine groups is 1. The lowest BCUT2D eigenvalue weighted by Crippen LogP contribution is -2.11. The number of ether oxygens (including phenoxy) is 1. The smallest absolute Gasteiger partial charge is 0.420 e. The van der Waals surface area contributed by atoms with Crippen LogP contribution in [0.1, 0.15) is 22.3 Å². The predicted octanol–water partition coefficient (Wildman–Crippen LogP) is 5.93. The molecular formula is C22H15F3N2O2. The van der Waals surface area contributed by atoms with E-state index in [0.717, 1.165) is 6.07 Å². The van der Waals surface area contributed by atoms with E-state index in [9.17, 15) is 13.2 Å². The summed E-state index contributed by atoms with van der Waals surface area (Å²) in [6.07, 6.45) is -4.58. The number of nitrogens with one attached hydrogen (secondary N) is 1. The summed E-state index contributed by atoms with van der Waals surface area (Å²) in [6.45, 7) is 3.67. The van der Waals surface area contributed by atoms with Crippen LogP contribution >= 0.6 is 0 Å². The maximum Gasteiger partial charge on any atom is 0.420 e. The van der Waals surface area contributed by atoms with Crippen LogP contribution in [0.4, 0.5) is 18.9 Å². The van der Waals surface area contributed by atoms with Gasteiger partial charge in [-0.2, -0.15) is 13.2 Å². The van der Waals surface area contributed by atoms with E-state index in [-0.39, 0.29) is 17.1 Å². The molecule has 0 aromatic heterocycles. The Bertz CT molecular complexity index is 1120. The number of halogens is 3. The van der Waals surface area contributed by atoms with Gasteiger partial charge in [0.25, 0.3) is 0 Å². The number of hydrogen-bond donors (Lipinski definition) is 2. The summed E-state index contributed by atoms with van der Waals surface area (Å²) in [5.74, 6) is -0.0378. The van der Waals surface area contributed by atoms with Crippen molar-refractivity contribution in [3.8, 4) is 11.5 Å². The summed E-state index contributed by atoms with van der Waals surface area (Å²) in [5.41, 5.74) is 3.65. The lowest BCUT2D eigenvalue weighted by Gasteiger charge is -2.16. The molecule has 0 unspecified atom stereocenters. The van der Waals surface area contributed by atoms with Gasteiger partial charge in [-0.05, 0) is 29.8 Å². The average molecular weight is 396 g/mol. The Morgan fingerprint density at radius 3 is 2.38 bits per heavy atom. The van der Waals surface area contributed by atoms with Gasteiger partial charge in [-0.25, -0.2) is 4.99 Å². The molecule has 0 amide bonds. The van der Waals surface area contributed by atoms with Crippen molar-refractivity contribution in [2.45, 2.75) is 6.18 Å². The lowest BCUT2D eigenvalue weighted by molar-refractivity contribution is -0.138. The van der Waals surface area contributed by atoms with Crippen LogP contribution in [-0.2, 0) is 6.18 Å². The molecule has 7 heteroatoms. The molecule has 0 spiro atoms. The molecule has 146 valence electrons. The van der Waals surface area contributed by atoms with E-state index in [0.29, 0.717) is 28.2 Å². The van der Waals surface area contributed by atoms with Gasteiger partial charge in [0.1, 0.15) is 11.4 Å². The molecule has 4 nitrogen and oxygen atoms in total. The maximum atomic E-state index is 13.6. The Hall–Kier alpha value is -3.58. The minimum Gasteiger partial charge on any atom is -0.454 e. The third-order valence-corrected chi connectivity index (χ3v) is 4.53. The fourth-order valence-corrected chi connectivity index (χ4v) is 3.10. The van der Waals surface area contributed by atoms with E-state index in [2.05, 4.69) is 11.6 Å². The van der Waals surface area contributed by atoms with Crippen molar-refractivity contribution in [3.63, 3.8) is 0 Å². The van der Waals surface area contributed by atoms with E-state index in [4.69, 9.17) is 9.94 Å². The Kier molecular flexibility index (Phi) is 4.60. The predicted molar refractivity (Wildman–Crippen MR) is 104 cm³/mol. The molecule has 0 saturated carbocycles. The van der Waals surface area contributed by atoms with Crippen LogP contribution < -0.4 is 10.2 Å². The maximum absolute atomic E-state index is 13.6. The molecule has 0 fully saturated rings. The van der Waals surface area contributed by atoms with Gasteiger partial charge < -0.3 is 4.74 Å². The van der Waals surface area contributed by atoms with Crippen LogP contribution in [0.3, 0.4) is 0 Å². The number of nitrogens with zero attached hydrogens (tertiary/aromatic N) is 1. The van der Waals surface area contributed by atoms with E-state index < -0.39 is 11.7 Å². The molecule has 2 N–H and O–H groups in total. The molecule has 4 rings (SSSR count). The summed E-state index contributed by atoms with van der Waals surface area (Å²) in [6, 6.07) is 17.3. The second kappa shape index (κ2) is 7.10. The van der Waals surface area contributed by atoms with Gasteiger partial charge in [-0.3, -0.25) is 10.7 Å². The first-order valence-corrected chi connectivity index (χ1v) is 8.64. The summed E-state index contributed by atoms with van der Waals surface area (Å²) in [5, 5.41) is 8.99. The SMILES string of the molecule is C=C(NO)c1ccc(C2=Nc3ccccc3Oc3c2cccc3C(F)(F)F)cc1. The molecule has 0 aliphatic carbocycles. The summed E-state index contributed by atoms with van der Waals surface area (Å²) in [4.78, 5) is 4.61. The molecule has 0 atom stereocenters. The molecule has 1 aliphatic rings. The summed E-state index contributed by atoms with van der Waals surface area (Å²) >= 11 is 0. The van der Waals surface area contributed by atoms with E-state index in [1.165, 1.54) is 6.07 Å². The molecule has 3 aromatic carbocycles. The largest absolute Gasteiger partial charge is 0.454 e. The topological polar surface area (TPSA) is 53.8 Å². The van der Waals surface area contributed by atoms with Crippen molar-refractivity contribution in [1.29, 1.82) is 0 Å². The standard InChI is InChI=1S/C22H15F3N2O2/c1-13(27-28)14-9-11-15(12-10-14)20-16-5-4-6-17(22(23,24)25)21(16)29-19-8-3-2-7-18(19)26-20/h2-12,27-28H,1H2. The number of fused-ring (bicyclic) bond motifs is 2. The molecule has 0 bridgehead atoms. The minimum atomic E-state index is -4.58. The van der Waals surface area contributed by atoms with E-state index >= 15 is 0 Å². The van der Waals surface area contributed by atoms with Crippen molar-refractivity contribution < 1.29 is 23.1 Å². The zero-order valence-corrected chi connectivity index (χ0v) is 15.0. The third kappa shape index (κ3) is 3.48. The van der Waals surface area contributed by atoms with Gasteiger partial charge in [-0.1, -0.05) is 49.0 Å². The Balaban J connectivity index is 1.94. The first-order valence-electron chi connectivity index (χ1n) is 8.64. The highest BCUT2D eigenvalue weighted by Crippen LogP contribution is 2.45. The van der Waals surface area contributed by atoms with Crippen molar-refractivity contribution in [2.75, 3.05) is 0 Å². The van der Waals surface area contributed by atoms with Gasteiger partial charge in [-0.15, -0.1) is 0 Å². The van der Waals surface area contributed by atoms with E-state index in [1.807, 2.05) is 5.48 Å². The van der Waals surface area contributed by atoms with Crippen LogP contribution in [0, 0.1) is 0 Å². The zero-order chi connectivity index (χ0) is 20.6. The monoisotopic (exact) mass is 396 g/mol. The van der Waals surface area contributed by atoms with Gasteiger partial charge in [0.2, 0.25) is 0 Å². The minimum absolute atomic E-state index is 0.239. The quantitative estimate of drug-likeness (QED) is 0.422. The second-order valence-corrected chi connectivity index (χ2v) is 6.38. The van der Waals surface area contributed by atoms with Crippen LogP contribution in [-0.4, -0.2) is 10.9 Å². The lowest BCUT2D eigenvalue weighted by atomic mass is 9.97. The van der Waals surface area contributed by atoms with Gasteiger partial charge in [0.05, 0.1) is 17.0 Å². The molecule has 29 heavy (non-hydrogen) atoms. The first kappa shape index (κ1) is 18.8. The average Bonchev–Trinajstić information content (AvgIpc) is 2.89. The van der Waals surface area contributed by atoms with Crippen molar-refractivity contribution in [1.82, 2.24) is 5.48 Å². The van der Waals surface area contributed by atoms with Crippen LogP contribution in [0.25, 0.3) is 5.70 Å². The Morgan fingerprint density at radius 2 is 1.69 bits per heavy atom. The Morgan fingerprint density at radius 1 is 0.966 bits per heavy atom. The molecule has 0 radical (unpaired) electrons. The Labute approximate surface area is 164 Å². The summed E-state index contributed by atoms with van der Waals surface area (Å²) < 4.78 is 46.6. The molecule has 1 aliphatic heterocycles. The van der Waals surface area contributed by atoms with Crippen LogP contribution in [0.15, 0.2) is 78.3 Å². The number of benzene rings is 3. The third-order valence-electron chi connectivity index (χ3n) is 4.53. The van der Waals surface area contributed by atoms with Crippen LogP contribution in [0.2, 0.25) is 0 Å². The van der Waals surface area contributed by atoms with Gasteiger partial charge in [0, 0.05) is 11.1 Å². The van der Waals surface area contributed by atoms with Gasteiger partial charge >= 0.3 is 6.18 Å². The second-order valence-electron chi connectivity index (χ2n) is 6.38. The number of aliphatic imine (C=N–C) groups is 1. The number of alkyl halides is 3. The van der Waals surface area contributed by atoms with Crippen LogP contribution in [0.5, 0.6) is 11.5 Å². The molecular weight excluding hydrogens is 381 g/mol. The zero-order valence-electron chi connectivity index (χ0n) is 15.0. The number of para-hydroxylation sites is 3. The first-order chi connectivity index (χ1) is 13.9. The fourth-order valence-electron chi connectivity index (χ4n) is 3.10. The van der Waals surface area contributed by atoms with Crippen molar-refractivity contribution in [2.24, 2.45) is 4.99 Å². The summed E-state index contributed by atoms with van der Waals surface area (Å²) in [7, 11) is 0. The molecule has 3 aromatic rings. The normalized spacial score (nSPS) is 12.8. The van der Waals surface area contributed by atoms with Gasteiger partial charge in [0.15, 0.2) is 5.75 Å². The van der Waals surface area contributed by atoms with E-state index in [1.54, 1.807) is 54.6 Å². The molecule has 0 saturated heterocycles. The molecule has 1 heterocycles. The van der Waals surface area contributed by atoms with Crippen molar-refractivity contribution >= 4 is 17.1 Å². The highest BCUT2D eigenvalue weighted by Gasteiger charge is 2.37. The number of rotatable bonds is 3. The highest BCUT2D eigenvalue weighted by atomic mass is 19.4. The fraction of sp³-hybridized carbons (Fsp3) is 0.0455.